The first-order chi connectivity index (χ1) is 12.1. The minimum absolute atomic E-state index is 0.119. The lowest BCUT2D eigenvalue weighted by Gasteiger charge is -2.37. The van der Waals surface area contributed by atoms with Crippen LogP contribution in [0.4, 0.5) is 5.82 Å². The van der Waals surface area contributed by atoms with Crippen molar-refractivity contribution in [1.82, 2.24) is 9.88 Å². The second-order valence-corrected chi connectivity index (χ2v) is 7.52. The summed E-state index contributed by atoms with van der Waals surface area (Å²) in [6, 6.07) is 6.32. The monoisotopic (exact) mass is 345 g/mol. The van der Waals surface area contributed by atoms with Crippen LogP contribution in [0.2, 0.25) is 0 Å². The second kappa shape index (κ2) is 8.65. The number of likely N-dealkylation sites (N-methyl/N-ethyl adjacent to an activating group) is 1. The van der Waals surface area contributed by atoms with Crippen LogP contribution in [0.1, 0.15) is 45.4 Å². The average Bonchev–Trinajstić information content (AvgIpc) is 2.67. The molecular formula is C20H31N3O2. The smallest absolute Gasteiger partial charge is 0.248 e. The van der Waals surface area contributed by atoms with E-state index >= 15 is 0 Å². The van der Waals surface area contributed by atoms with Gasteiger partial charge in [0.05, 0.1) is 6.10 Å². The second-order valence-electron chi connectivity index (χ2n) is 7.52. The number of carbonyl (C=O) groups excluding carboxylic acids is 1. The molecule has 1 aromatic rings. The van der Waals surface area contributed by atoms with Gasteiger partial charge in [0.25, 0.3) is 0 Å². The average molecular weight is 345 g/mol. The van der Waals surface area contributed by atoms with Gasteiger partial charge in [-0.3, -0.25) is 4.79 Å². The van der Waals surface area contributed by atoms with Crippen LogP contribution >= 0.6 is 0 Å². The van der Waals surface area contributed by atoms with Crippen LogP contribution in [0, 0.1) is 5.92 Å². The Labute approximate surface area is 151 Å². The van der Waals surface area contributed by atoms with Crippen LogP contribution in [0.3, 0.4) is 0 Å². The number of pyridine rings is 1. The quantitative estimate of drug-likeness (QED) is 0.823. The molecule has 1 amide bonds. The zero-order valence-corrected chi connectivity index (χ0v) is 15.6. The van der Waals surface area contributed by atoms with Crippen molar-refractivity contribution in [3.05, 3.63) is 24.4 Å². The van der Waals surface area contributed by atoms with Crippen LogP contribution in [-0.2, 0) is 9.53 Å². The molecule has 0 unspecified atom stereocenters. The summed E-state index contributed by atoms with van der Waals surface area (Å²) in [7, 11) is 1.93. The number of ether oxygens (including phenoxy) is 1. The van der Waals surface area contributed by atoms with Gasteiger partial charge in [-0.1, -0.05) is 25.8 Å². The van der Waals surface area contributed by atoms with E-state index in [9.17, 15) is 4.79 Å². The van der Waals surface area contributed by atoms with Crippen molar-refractivity contribution >= 4 is 11.7 Å². The fourth-order valence-electron chi connectivity index (χ4n) is 4.04. The molecule has 1 aromatic heterocycles. The number of nitrogens with zero attached hydrogens (tertiary/aromatic N) is 3. The first-order valence-corrected chi connectivity index (χ1v) is 9.68. The fraction of sp³-hybridized carbons (Fsp3) is 0.700. The first kappa shape index (κ1) is 18.2. The number of hydrogen-bond acceptors (Lipinski definition) is 4. The molecule has 5 nitrogen and oxygen atoms in total. The van der Waals surface area contributed by atoms with Gasteiger partial charge in [-0.15, -0.1) is 0 Å². The molecule has 1 aliphatic heterocycles. The molecule has 2 fully saturated rings. The highest BCUT2D eigenvalue weighted by Crippen LogP contribution is 2.26. The zero-order chi connectivity index (χ0) is 17.6. The van der Waals surface area contributed by atoms with Gasteiger partial charge >= 0.3 is 0 Å². The minimum atomic E-state index is 0.119. The van der Waals surface area contributed by atoms with Crippen molar-refractivity contribution in [1.29, 1.82) is 0 Å². The van der Waals surface area contributed by atoms with E-state index < -0.39 is 0 Å². The van der Waals surface area contributed by atoms with E-state index in [1.807, 2.05) is 36.3 Å². The molecule has 2 aliphatic rings. The van der Waals surface area contributed by atoms with Crippen LogP contribution in [0.25, 0.3) is 0 Å². The van der Waals surface area contributed by atoms with Crippen molar-refractivity contribution in [2.45, 2.75) is 57.6 Å². The lowest BCUT2D eigenvalue weighted by atomic mass is 9.88. The van der Waals surface area contributed by atoms with Crippen molar-refractivity contribution in [3.63, 3.8) is 0 Å². The molecule has 2 heterocycles. The lowest BCUT2D eigenvalue weighted by molar-refractivity contribution is -0.141. The van der Waals surface area contributed by atoms with E-state index in [2.05, 4.69) is 16.8 Å². The van der Waals surface area contributed by atoms with Crippen molar-refractivity contribution in [3.8, 4) is 0 Å². The molecule has 0 bridgehead atoms. The molecule has 0 N–H and O–H groups in total. The standard InChI is InChI=1S/C20H31N3O2/c1-16-7-3-4-8-18(16)25-15-20(24)22(2)17-10-13-23(14-11-17)19-9-5-6-12-21-19/h5-6,9,12,16-18H,3-4,7-8,10-11,13-15H2,1-2H3/t16-,18+/m1/s1. The van der Waals surface area contributed by atoms with Crippen molar-refractivity contribution < 1.29 is 9.53 Å². The molecule has 0 spiro atoms. The molecule has 25 heavy (non-hydrogen) atoms. The molecule has 0 aromatic carbocycles. The number of hydrogen-bond donors (Lipinski definition) is 0. The van der Waals surface area contributed by atoms with E-state index in [4.69, 9.17) is 4.74 Å². The van der Waals surface area contributed by atoms with Crippen LogP contribution < -0.4 is 4.90 Å². The fourth-order valence-corrected chi connectivity index (χ4v) is 4.04. The highest BCUT2D eigenvalue weighted by Gasteiger charge is 2.27. The lowest BCUT2D eigenvalue weighted by Crippen LogP contribution is -2.47. The minimum Gasteiger partial charge on any atom is -0.368 e. The van der Waals surface area contributed by atoms with Gasteiger partial charge in [0, 0.05) is 32.4 Å². The predicted octanol–water partition coefficient (Wildman–Crippen LogP) is 3.10. The summed E-state index contributed by atoms with van der Waals surface area (Å²) >= 11 is 0. The molecule has 0 radical (unpaired) electrons. The molecule has 2 atom stereocenters. The Kier molecular flexibility index (Phi) is 6.29. The van der Waals surface area contributed by atoms with Crippen LogP contribution in [-0.4, -0.2) is 54.7 Å². The maximum absolute atomic E-state index is 12.5. The highest BCUT2D eigenvalue weighted by molar-refractivity contribution is 5.77. The van der Waals surface area contributed by atoms with Gasteiger partial charge in [-0.05, 0) is 43.7 Å². The molecule has 1 aliphatic carbocycles. The van der Waals surface area contributed by atoms with E-state index in [1.54, 1.807) is 0 Å². The third-order valence-corrected chi connectivity index (χ3v) is 5.83. The summed E-state index contributed by atoms with van der Waals surface area (Å²) < 4.78 is 5.95. The number of anilines is 1. The van der Waals surface area contributed by atoms with Crippen LogP contribution in [0.5, 0.6) is 0 Å². The number of aromatic nitrogens is 1. The van der Waals surface area contributed by atoms with E-state index in [1.165, 1.54) is 19.3 Å². The highest BCUT2D eigenvalue weighted by atomic mass is 16.5. The molecular weight excluding hydrogens is 314 g/mol. The summed E-state index contributed by atoms with van der Waals surface area (Å²) in [5, 5.41) is 0. The van der Waals surface area contributed by atoms with E-state index in [0.29, 0.717) is 12.0 Å². The predicted molar refractivity (Wildman–Crippen MR) is 99.6 cm³/mol. The Hall–Kier alpha value is -1.62. The Morgan fingerprint density at radius 3 is 2.68 bits per heavy atom. The molecule has 1 saturated carbocycles. The summed E-state index contributed by atoms with van der Waals surface area (Å²) in [6.45, 7) is 4.36. The van der Waals surface area contributed by atoms with Gasteiger partial charge in [-0.2, -0.15) is 0 Å². The molecule has 1 saturated heterocycles. The van der Waals surface area contributed by atoms with Crippen molar-refractivity contribution in [2.75, 3.05) is 31.6 Å². The van der Waals surface area contributed by atoms with E-state index in [-0.39, 0.29) is 18.6 Å². The van der Waals surface area contributed by atoms with Crippen LogP contribution in [0.15, 0.2) is 24.4 Å². The van der Waals surface area contributed by atoms with Gasteiger partial charge < -0.3 is 14.5 Å². The third kappa shape index (κ3) is 4.72. The Morgan fingerprint density at radius 2 is 2.00 bits per heavy atom. The number of piperidine rings is 1. The SMILES string of the molecule is C[C@@H]1CCCC[C@@H]1OCC(=O)N(C)C1CCN(c2ccccn2)CC1. The Morgan fingerprint density at radius 1 is 1.24 bits per heavy atom. The normalized spacial score (nSPS) is 25.0. The maximum atomic E-state index is 12.5. The van der Waals surface area contributed by atoms with Gasteiger partial charge in [-0.25, -0.2) is 4.98 Å². The van der Waals surface area contributed by atoms with Gasteiger partial charge in [0.15, 0.2) is 0 Å². The third-order valence-electron chi connectivity index (χ3n) is 5.83. The van der Waals surface area contributed by atoms with Crippen molar-refractivity contribution in [2.24, 2.45) is 5.92 Å². The Balaban J connectivity index is 1.43. The molecule has 3 rings (SSSR count). The molecule has 138 valence electrons. The maximum Gasteiger partial charge on any atom is 0.248 e. The number of amides is 1. The first-order valence-electron chi connectivity index (χ1n) is 9.68. The number of rotatable bonds is 5. The van der Waals surface area contributed by atoms with E-state index in [0.717, 1.165) is 38.2 Å². The summed E-state index contributed by atoms with van der Waals surface area (Å²) in [5.41, 5.74) is 0. The summed E-state index contributed by atoms with van der Waals surface area (Å²) in [4.78, 5) is 21.1. The zero-order valence-electron chi connectivity index (χ0n) is 15.6. The molecule has 5 heteroatoms. The summed E-state index contributed by atoms with van der Waals surface area (Å²) in [6.07, 6.45) is 8.91. The number of carbonyl (C=O) groups is 1. The topological polar surface area (TPSA) is 45.7 Å². The van der Waals surface area contributed by atoms with Gasteiger partial charge in [0.1, 0.15) is 12.4 Å². The Bertz CT molecular complexity index is 543. The summed E-state index contributed by atoms with van der Waals surface area (Å²) in [5.74, 6) is 1.73. The van der Waals surface area contributed by atoms with Gasteiger partial charge in [0.2, 0.25) is 5.91 Å². The largest absolute Gasteiger partial charge is 0.368 e.